The minimum absolute atomic E-state index is 0.00405. The van der Waals surface area contributed by atoms with E-state index < -0.39 is 17.9 Å². The summed E-state index contributed by atoms with van der Waals surface area (Å²) in [5.74, 6) is -0.726. The summed E-state index contributed by atoms with van der Waals surface area (Å²) in [4.78, 5) is 33.8. The van der Waals surface area contributed by atoms with Crippen LogP contribution < -0.4 is 10.1 Å². The lowest BCUT2D eigenvalue weighted by atomic mass is 10.1. The number of pyridine rings is 1. The molecule has 42 heavy (non-hydrogen) atoms. The largest absolute Gasteiger partial charge is 0.480 e. The van der Waals surface area contributed by atoms with Crippen molar-refractivity contribution in [2.75, 3.05) is 6.61 Å². The zero-order chi connectivity index (χ0) is 29.5. The van der Waals surface area contributed by atoms with Crippen molar-refractivity contribution in [1.82, 2.24) is 15.3 Å². The molecule has 1 amide bonds. The van der Waals surface area contributed by atoms with Crippen LogP contribution in [0.4, 0.5) is 0 Å². The van der Waals surface area contributed by atoms with Crippen LogP contribution in [0, 0.1) is 0 Å². The van der Waals surface area contributed by atoms with Gasteiger partial charge in [-0.15, -0.1) is 0 Å². The van der Waals surface area contributed by atoms with Gasteiger partial charge in [-0.3, -0.25) is 4.79 Å². The molecule has 2 heterocycles. The summed E-state index contributed by atoms with van der Waals surface area (Å²) in [6.45, 7) is -0.0992. The molecule has 0 aliphatic rings. The van der Waals surface area contributed by atoms with E-state index in [1.807, 2.05) is 60.7 Å². The minimum Gasteiger partial charge on any atom is -0.480 e. The Kier molecular flexibility index (Phi) is 9.13. The maximum Gasteiger partial charge on any atom is 0.328 e. The van der Waals surface area contributed by atoms with Crippen LogP contribution in [0.25, 0.3) is 22.8 Å². The Morgan fingerprint density at radius 1 is 0.857 bits per heavy atom. The average Bonchev–Trinajstić information content (AvgIpc) is 3.43. The van der Waals surface area contributed by atoms with E-state index >= 15 is 0 Å². The summed E-state index contributed by atoms with van der Waals surface area (Å²) >= 11 is 12.3. The molecule has 0 spiro atoms. The molecule has 5 rings (SSSR count). The van der Waals surface area contributed by atoms with Gasteiger partial charge in [0.15, 0.2) is 17.5 Å². The second kappa shape index (κ2) is 13.3. The van der Waals surface area contributed by atoms with E-state index in [0.29, 0.717) is 17.1 Å². The Balaban J connectivity index is 1.40. The van der Waals surface area contributed by atoms with Gasteiger partial charge in [0.25, 0.3) is 5.91 Å². The van der Waals surface area contributed by atoms with Gasteiger partial charge in [-0.05, 0) is 54.1 Å². The molecule has 0 saturated heterocycles. The molecule has 0 radical (unpaired) electrons. The molecule has 3 aromatic carbocycles. The fraction of sp³-hybridized carbons (Fsp3) is 0.0968. The highest BCUT2D eigenvalue weighted by molar-refractivity contribution is 6.34. The number of benzene rings is 3. The zero-order valence-electron chi connectivity index (χ0n) is 21.9. The number of nitrogens with zero attached hydrogens (tertiary/aromatic N) is 2. The number of amides is 1. The van der Waals surface area contributed by atoms with Gasteiger partial charge in [0.2, 0.25) is 5.89 Å². The van der Waals surface area contributed by atoms with Crippen molar-refractivity contribution in [2.24, 2.45) is 0 Å². The number of aliphatic carboxylic acids is 1. The van der Waals surface area contributed by atoms with Gasteiger partial charge in [0, 0.05) is 5.56 Å². The van der Waals surface area contributed by atoms with E-state index in [1.165, 1.54) is 12.1 Å². The molecule has 212 valence electrons. The van der Waals surface area contributed by atoms with Crippen molar-refractivity contribution in [3.8, 4) is 34.3 Å². The fourth-order valence-corrected chi connectivity index (χ4v) is 4.35. The average molecular weight is 604 g/mol. The van der Waals surface area contributed by atoms with Crippen molar-refractivity contribution in [1.29, 1.82) is 0 Å². The SMILES string of the molecule is O=C(NC(COCc1ccccc1)C(=O)O)c1nc(-c2ccc(Oc3ccccc3)cc2)oc1-c1ccc(Cl)nc1Cl. The van der Waals surface area contributed by atoms with Gasteiger partial charge in [0.1, 0.15) is 21.8 Å². The van der Waals surface area contributed by atoms with Crippen LogP contribution in [0.2, 0.25) is 10.3 Å². The standard InChI is InChI=1S/C31H23Cl2N3O6/c32-25-16-15-23(28(33)35-25)27-26(29(37)34-24(31(38)39)18-40-17-19-7-3-1-4-8-19)36-30(42-27)20-11-13-22(14-12-20)41-21-9-5-2-6-10-21/h1-16,24H,17-18H2,(H,34,37)(H,38,39). The van der Waals surface area contributed by atoms with Crippen molar-refractivity contribution >= 4 is 35.1 Å². The zero-order valence-corrected chi connectivity index (χ0v) is 23.4. The lowest BCUT2D eigenvalue weighted by molar-refractivity contribution is -0.141. The molecule has 0 aliphatic carbocycles. The fourth-order valence-electron chi connectivity index (χ4n) is 3.92. The van der Waals surface area contributed by atoms with Crippen molar-refractivity contribution in [3.05, 3.63) is 119 Å². The smallest absolute Gasteiger partial charge is 0.328 e. The summed E-state index contributed by atoms with van der Waals surface area (Å²) in [6, 6.07) is 27.1. The molecule has 0 aliphatic heterocycles. The number of aromatic nitrogens is 2. The third-order valence-electron chi connectivity index (χ3n) is 5.98. The first kappa shape index (κ1) is 28.8. The quantitative estimate of drug-likeness (QED) is 0.156. The van der Waals surface area contributed by atoms with Gasteiger partial charge in [-0.1, -0.05) is 71.7 Å². The summed E-state index contributed by atoms with van der Waals surface area (Å²) in [5, 5.41) is 12.3. The van der Waals surface area contributed by atoms with Gasteiger partial charge in [0.05, 0.1) is 18.8 Å². The van der Waals surface area contributed by atoms with Crippen LogP contribution in [0.5, 0.6) is 11.5 Å². The number of carbonyl (C=O) groups excluding carboxylic acids is 1. The molecular formula is C31H23Cl2N3O6. The first-order valence-electron chi connectivity index (χ1n) is 12.7. The predicted molar refractivity (Wildman–Crippen MR) is 157 cm³/mol. The third-order valence-corrected chi connectivity index (χ3v) is 6.48. The Hall–Kier alpha value is -4.70. The van der Waals surface area contributed by atoms with E-state index in [2.05, 4.69) is 15.3 Å². The van der Waals surface area contributed by atoms with Crippen LogP contribution in [0.1, 0.15) is 16.1 Å². The number of hydrogen-bond acceptors (Lipinski definition) is 7. The highest BCUT2D eigenvalue weighted by Gasteiger charge is 2.28. The maximum absolute atomic E-state index is 13.4. The van der Waals surface area contributed by atoms with Crippen LogP contribution in [0.3, 0.4) is 0 Å². The second-order valence-corrected chi connectivity index (χ2v) is 9.72. The van der Waals surface area contributed by atoms with Gasteiger partial charge >= 0.3 is 5.97 Å². The van der Waals surface area contributed by atoms with E-state index in [4.69, 9.17) is 37.1 Å². The number of oxazole rings is 1. The summed E-state index contributed by atoms with van der Waals surface area (Å²) in [5.41, 5.74) is 1.47. The summed E-state index contributed by atoms with van der Waals surface area (Å²) < 4.78 is 17.4. The van der Waals surface area contributed by atoms with Gasteiger partial charge < -0.3 is 24.3 Å². The second-order valence-electron chi connectivity index (χ2n) is 8.97. The van der Waals surface area contributed by atoms with E-state index in [0.717, 1.165) is 5.56 Å². The number of carboxylic acids is 1. The van der Waals surface area contributed by atoms with Crippen molar-refractivity contribution in [3.63, 3.8) is 0 Å². The van der Waals surface area contributed by atoms with Crippen LogP contribution >= 0.6 is 23.2 Å². The highest BCUT2D eigenvalue weighted by Crippen LogP contribution is 2.35. The number of halogens is 2. The lowest BCUT2D eigenvalue weighted by Crippen LogP contribution is -2.44. The van der Waals surface area contributed by atoms with Crippen LogP contribution in [0.15, 0.2) is 101 Å². The Morgan fingerprint density at radius 3 is 2.19 bits per heavy atom. The highest BCUT2D eigenvalue weighted by atomic mass is 35.5. The number of ether oxygens (including phenoxy) is 2. The van der Waals surface area contributed by atoms with E-state index in [1.54, 1.807) is 24.3 Å². The Morgan fingerprint density at radius 2 is 1.52 bits per heavy atom. The number of hydrogen-bond donors (Lipinski definition) is 2. The molecular weight excluding hydrogens is 581 g/mol. The first-order valence-corrected chi connectivity index (χ1v) is 13.4. The van der Waals surface area contributed by atoms with Crippen LogP contribution in [-0.2, 0) is 16.1 Å². The molecule has 0 bridgehead atoms. The summed E-state index contributed by atoms with van der Waals surface area (Å²) in [7, 11) is 0. The van der Waals surface area contributed by atoms with Gasteiger partial charge in [-0.2, -0.15) is 0 Å². The molecule has 2 N–H and O–H groups in total. The van der Waals surface area contributed by atoms with E-state index in [9.17, 15) is 14.7 Å². The molecule has 9 nitrogen and oxygen atoms in total. The first-order chi connectivity index (χ1) is 20.4. The number of carbonyl (C=O) groups is 2. The van der Waals surface area contributed by atoms with Crippen molar-refractivity contribution in [2.45, 2.75) is 12.6 Å². The summed E-state index contributed by atoms with van der Waals surface area (Å²) in [6.07, 6.45) is 0. The molecule has 5 aromatic rings. The normalized spacial score (nSPS) is 11.6. The molecule has 1 unspecified atom stereocenters. The van der Waals surface area contributed by atoms with Gasteiger partial charge in [-0.25, -0.2) is 14.8 Å². The Labute approximate surface area is 250 Å². The predicted octanol–water partition coefficient (Wildman–Crippen LogP) is 6.90. The number of carboxylic acid groups (broad SMARTS) is 1. The monoisotopic (exact) mass is 603 g/mol. The molecule has 0 saturated carbocycles. The minimum atomic E-state index is -1.36. The molecule has 2 aromatic heterocycles. The topological polar surface area (TPSA) is 124 Å². The Bertz CT molecular complexity index is 1680. The maximum atomic E-state index is 13.4. The third kappa shape index (κ3) is 7.13. The molecule has 11 heteroatoms. The van der Waals surface area contributed by atoms with E-state index in [-0.39, 0.29) is 46.4 Å². The number of para-hydroxylation sites is 1. The molecule has 0 fully saturated rings. The lowest BCUT2D eigenvalue weighted by Gasteiger charge is -2.14. The molecule has 1 atom stereocenters. The number of rotatable bonds is 11. The number of nitrogens with one attached hydrogen (secondary N) is 1. The van der Waals surface area contributed by atoms with Crippen molar-refractivity contribution < 1.29 is 28.6 Å². The van der Waals surface area contributed by atoms with Crippen LogP contribution in [-0.4, -0.2) is 39.6 Å².